The number of pyridine rings is 1. The highest BCUT2D eigenvalue weighted by Gasteiger charge is 2.37. The van der Waals surface area contributed by atoms with Gasteiger partial charge in [0.25, 0.3) is 0 Å². The van der Waals surface area contributed by atoms with E-state index >= 15 is 0 Å². The number of alkyl halides is 3. The zero-order valence-corrected chi connectivity index (χ0v) is 18.4. The van der Waals surface area contributed by atoms with Crippen LogP contribution < -0.4 is 5.32 Å². The summed E-state index contributed by atoms with van der Waals surface area (Å²) in [5.41, 5.74) is 4.11. The van der Waals surface area contributed by atoms with Gasteiger partial charge in [-0.05, 0) is 51.0 Å². The maximum Gasteiger partial charge on any atom is 0.373 e. The SMILES string of the molecule is C=C(c1ccc(-c2nccc(NC(=C)C(C)(C)F)c2C)cc1C)N1CCOC(F)(F)C1. The molecule has 2 heterocycles. The molecule has 2 aromatic rings. The number of halogens is 3. The Morgan fingerprint density at radius 1 is 1.23 bits per heavy atom. The molecule has 166 valence electrons. The van der Waals surface area contributed by atoms with E-state index in [0.717, 1.165) is 33.6 Å². The van der Waals surface area contributed by atoms with Crippen molar-refractivity contribution in [1.29, 1.82) is 0 Å². The second kappa shape index (κ2) is 8.38. The average Bonchev–Trinajstić information content (AvgIpc) is 2.67. The standard InChI is InChI=1S/C24H28F3N3O/c1-15-13-19(7-8-20(15)17(3)30-11-12-31-24(26,27)14-30)22-16(2)21(9-10-28-22)29-18(4)23(5,6)25/h7-10,13H,3-4,11-12,14H2,1-2,5-6H3,(H,28,29). The zero-order chi connectivity index (χ0) is 23.0. The summed E-state index contributed by atoms with van der Waals surface area (Å²) < 4.78 is 45.9. The van der Waals surface area contributed by atoms with Gasteiger partial charge in [0.15, 0.2) is 0 Å². The van der Waals surface area contributed by atoms with Crippen molar-refractivity contribution < 1.29 is 17.9 Å². The van der Waals surface area contributed by atoms with E-state index in [1.165, 1.54) is 13.8 Å². The molecule has 0 aliphatic carbocycles. The fourth-order valence-electron chi connectivity index (χ4n) is 3.46. The van der Waals surface area contributed by atoms with Crippen LogP contribution in [0.4, 0.5) is 18.9 Å². The Balaban J connectivity index is 1.87. The third-order valence-electron chi connectivity index (χ3n) is 5.45. The van der Waals surface area contributed by atoms with Gasteiger partial charge in [-0.1, -0.05) is 25.3 Å². The number of rotatable bonds is 6. The van der Waals surface area contributed by atoms with Gasteiger partial charge >= 0.3 is 6.11 Å². The topological polar surface area (TPSA) is 37.4 Å². The summed E-state index contributed by atoms with van der Waals surface area (Å²) >= 11 is 0. The minimum atomic E-state index is -3.18. The van der Waals surface area contributed by atoms with Gasteiger partial charge in [0.2, 0.25) is 0 Å². The number of hydrogen-bond acceptors (Lipinski definition) is 4. The van der Waals surface area contributed by atoms with E-state index in [4.69, 9.17) is 0 Å². The highest BCUT2D eigenvalue weighted by molar-refractivity contribution is 5.74. The second-order valence-electron chi connectivity index (χ2n) is 8.29. The molecule has 31 heavy (non-hydrogen) atoms. The monoisotopic (exact) mass is 431 g/mol. The molecular formula is C24H28F3N3O. The Labute approximate surface area is 181 Å². The average molecular weight is 432 g/mol. The highest BCUT2D eigenvalue weighted by atomic mass is 19.3. The van der Waals surface area contributed by atoms with Crippen LogP contribution >= 0.6 is 0 Å². The summed E-state index contributed by atoms with van der Waals surface area (Å²) in [5, 5.41) is 3.04. The van der Waals surface area contributed by atoms with Crippen LogP contribution in [0.3, 0.4) is 0 Å². The summed E-state index contributed by atoms with van der Waals surface area (Å²) in [6, 6.07) is 7.48. The van der Waals surface area contributed by atoms with Crippen LogP contribution in [0.1, 0.15) is 30.5 Å². The van der Waals surface area contributed by atoms with Crippen molar-refractivity contribution in [2.75, 3.05) is 25.0 Å². The number of hydrogen-bond donors (Lipinski definition) is 1. The first-order valence-corrected chi connectivity index (χ1v) is 10.1. The molecule has 1 fully saturated rings. The van der Waals surface area contributed by atoms with Crippen LogP contribution in [0.5, 0.6) is 0 Å². The number of nitrogens with zero attached hydrogens (tertiary/aromatic N) is 2. The molecule has 0 radical (unpaired) electrons. The lowest BCUT2D eigenvalue weighted by Crippen LogP contribution is -2.45. The van der Waals surface area contributed by atoms with Gasteiger partial charge in [0.1, 0.15) is 12.2 Å². The Bertz CT molecular complexity index is 1010. The number of morpholine rings is 1. The van der Waals surface area contributed by atoms with Gasteiger partial charge < -0.3 is 15.0 Å². The van der Waals surface area contributed by atoms with Gasteiger partial charge in [-0.2, -0.15) is 8.78 Å². The molecule has 1 aliphatic heterocycles. The van der Waals surface area contributed by atoms with Crippen molar-refractivity contribution in [3.8, 4) is 11.3 Å². The van der Waals surface area contributed by atoms with E-state index in [-0.39, 0.29) is 12.3 Å². The van der Waals surface area contributed by atoms with E-state index in [0.29, 0.717) is 12.2 Å². The van der Waals surface area contributed by atoms with Crippen molar-refractivity contribution >= 4 is 11.4 Å². The van der Waals surface area contributed by atoms with Gasteiger partial charge in [-0.25, -0.2) is 4.39 Å². The molecule has 4 nitrogen and oxygen atoms in total. The molecule has 1 aromatic heterocycles. The second-order valence-corrected chi connectivity index (χ2v) is 8.29. The maximum absolute atomic E-state index is 14.2. The van der Waals surface area contributed by atoms with Crippen LogP contribution in [0, 0.1) is 13.8 Å². The van der Waals surface area contributed by atoms with Crippen molar-refractivity contribution in [1.82, 2.24) is 9.88 Å². The number of benzene rings is 1. The van der Waals surface area contributed by atoms with Crippen molar-refractivity contribution in [3.05, 3.63) is 66.0 Å². The predicted molar refractivity (Wildman–Crippen MR) is 119 cm³/mol. The van der Waals surface area contributed by atoms with Gasteiger partial charge in [0.05, 0.1) is 12.3 Å². The molecule has 1 aromatic carbocycles. The van der Waals surface area contributed by atoms with Crippen LogP contribution in [-0.2, 0) is 4.74 Å². The minimum Gasteiger partial charge on any atom is -0.360 e. The first-order chi connectivity index (χ1) is 14.4. The molecule has 7 heteroatoms. The van der Waals surface area contributed by atoms with E-state index in [1.807, 2.05) is 32.0 Å². The molecule has 0 amide bonds. The fraction of sp³-hybridized carbons (Fsp3) is 0.375. The molecule has 1 saturated heterocycles. The number of aromatic nitrogens is 1. The number of ether oxygens (including phenoxy) is 1. The summed E-state index contributed by atoms with van der Waals surface area (Å²) in [6.45, 7) is 14.3. The number of nitrogens with one attached hydrogen (secondary N) is 1. The first-order valence-electron chi connectivity index (χ1n) is 10.1. The van der Waals surface area contributed by atoms with Crippen molar-refractivity contribution in [3.63, 3.8) is 0 Å². The van der Waals surface area contributed by atoms with Gasteiger partial charge in [-0.15, -0.1) is 0 Å². The largest absolute Gasteiger partial charge is 0.373 e. The fourth-order valence-corrected chi connectivity index (χ4v) is 3.46. The highest BCUT2D eigenvalue weighted by Crippen LogP contribution is 2.33. The van der Waals surface area contributed by atoms with Crippen LogP contribution in [0.25, 0.3) is 17.0 Å². The van der Waals surface area contributed by atoms with Crippen molar-refractivity contribution in [2.24, 2.45) is 0 Å². The Morgan fingerprint density at radius 3 is 2.55 bits per heavy atom. The Hall–Kier alpha value is -2.80. The minimum absolute atomic E-state index is 0.0486. The summed E-state index contributed by atoms with van der Waals surface area (Å²) in [4.78, 5) is 6.04. The third kappa shape index (κ3) is 5.10. The first kappa shape index (κ1) is 22.9. The summed E-state index contributed by atoms with van der Waals surface area (Å²) in [6.07, 6.45) is -1.52. The Morgan fingerprint density at radius 2 is 1.94 bits per heavy atom. The Kier molecular flexibility index (Phi) is 6.18. The zero-order valence-electron chi connectivity index (χ0n) is 18.4. The molecule has 0 unspecified atom stereocenters. The summed E-state index contributed by atoms with van der Waals surface area (Å²) in [5.74, 6) is 0. The van der Waals surface area contributed by atoms with Crippen LogP contribution in [0.2, 0.25) is 0 Å². The van der Waals surface area contributed by atoms with E-state index < -0.39 is 18.3 Å². The van der Waals surface area contributed by atoms with E-state index in [2.05, 4.69) is 28.2 Å². The lowest BCUT2D eigenvalue weighted by atomic mass is 9.98. The number of anilines is 1. The molecule has 0 saturated carbocycles. The molecule has 0 atom stereocenters. The number of aryl methyl sites for hydroxylation is 1. The van der Waals surface area contributed by atoms with Crippen molar-refractivity contribution in [2.45, 2.75) is 39.5 Å². The smallest absolute Gasteiger partial charge is 0.360 e. The summed E-state index contributed by atoms with van der Waals surface area (Å²) in [7, 11) is 0. The number of allylic oxidation sites excluding steroid dienone is 1. The quantitative estimate of drug-likeness (QED) is 0.615. The van der Waals surface area contributed by atoms with Crippen LogP contribution in [0.15, 0.2) is 49.3 Å². The third-order valence-corrected chi connectivity index (χ3v) is 5.45. The molecule has 0 bridgehead atoms. The van der Waals surface area contributed by atoms with Crippen LogP contribution in [-0.4, -0.2) is 41.4 Å². The molecule has 1 aliphatic rings. The lowest BCUT2D eigenvalue weighted by molar-refractivity contribution is -0.263. The molecule has 0 spiro atoms. The molecule has 3 rings (SSSR count). The van der Waals surface area contributed by atoms with Gasteiger partial charge in [0, 0.05) is 40.9 Å². The van der Waals surface area contributed by atoms with E-state index in [9.17, 15) is 13.2 Å². The lowest BCUT2D eigenvalue weighted by Gasteiger charge is -2.35. The molecular weight excluding hydrogens is 403 g/mol. The van der Waals surface area contributed by atoms with E-state index in [1.54, 1.807) is 17.2 Å². The predicted octanol–water partition coefficient (Wildman–Crippen LogP) is 5.93. The van der Waals surface area contributed by atoms with Gasteiger partial charge in [-0.3, -0.25) is 4.98 Å². The molecule has 1 N–H and O–H groups in total. The maximum atomic E-state index is 14.2. The normalized spacial score (nSPS) is 16.2.